The van der Waals surface area contributed by atoms with Crippen LogP contribution >= 0.6 is 0 Å². The standard InChI is InChI=1S/C10H12N4/c11-6-5-9-7-3-1-2-4-8(7)13-10(12)14-9/h1-4H,5-6,11H2,(H2,12,13,14). The van der Waals surface area contributed by atoms with Gasteiger partial charge >= 0.3 is 0 Å². The van der Waals surface area contributed by atoms with Crippen molar-refractivity contribution in [3.05, 3.63) is 30.0 Å². The van der Waals surface area contributed by atoms with Gasteiger partial charge in [0.25, 0.3) is 0 Å². The van der Waals surface area contributed by atoms with Crippen molar-refractivity contribution in [1.82, 2.24) is 9.97 Å². The summed E-state index contributed by atoms with van der Waals surface area (Å²) in [5.74, 6) is 0.312. The first-order valence-corrected chi connectivity index (χ1v) is 4.52. The van der Waals surface area contributed by atoms with Crippen molar-refractivity contribution in [3.63, 3.8) is 0 Å². The van der Waals surface area contributed by atoms with E-state index in [9.17, 15) is 0 Å². The normalized spacial score (nSPS) is 10.6. The number of fused-ring (bicyclic) bond motifs is 1. The number of nitrogen functional groups attached to an aromatic ring is 1. The molecule has 1 aromatic heterocycles. The van der Waals surface area contributed by atoms with Crippen molar-refractivity contribution >= 4 is 16.9 Å². The van der Waals surface area contributed by atoms with Crippen LogP contribution in [-0.4, -0.2) is 16.5 Å². The van der Waals surface area contributed by atoms with E-state index in [0.29, 0.717) is 12.5 Å². The second-order valence-corrected chi connectivity index (χ2v) is 3.08. The highest BCUT2D eigenvalue weighted by molar-refractivity contribution is 5.81. The molecule has 4 nitrogen and oxygen atoms in total. The third-order valence-corrected chi connectivity index (χ3v) is 2.08. The Morgan fingerprint density at radius 1 is 1.14 bits per heavy atom. The van der Waals surface area contributed by atoms with Gasteiger partial charge in [-0.15, -0.1) is 0 Å². The minimum absolute atomic E-state index is 0.312. The zero-order chi connectivity index (χ0) is 9.97. The van der Waals surface area contributed by atoms with E-state index < -0.39 is 0 Å². The monoisotopic (exact) mass is 188 g/mol. The first kappa shape index (κ1) is 8.90. The largest absolute Gasteiger partial charge is 0.368 e. The van der Waals surface area contributed by atoms with Crippen molar-refractivity contribution in [2.45, 2.75) is 6.42 Å². The molecule has 0 aliphatic heterocycles. The summed E-state index contributed by atoms with van der Waals surface area (Å²) in [5, 5.41) is 1.03. The number of para-hydroxylation sites is 1. The highest BCUT2D eigenvalue weighted by Crippen LogP contribution is 2.16. The Labute approximate surface area is 82.0 Å². The van der Waals surface area contributed by atoms with E-state index in [1.165, 1.54) is 0 Å². The zero-order valence-electron chi connectivity index (χ0n) is 7.77. The second-order valence-electron chi connectivity index (χ2n) is 3.08. The van der Waals surface area contributed by atoms with Crippen molar-refractivity contribution in [3.8, 4) is 0 Å². The molecule has 0 saturated carbocycles. The molecule has 0 unspecified atom stereocenters. The molecule has 4 heteroatoms. The quantitative estimate of drug-likeness (QED) is 0.727. The Balaban J connectivity index is 2.67. The van der Waals surface area contributed by atoms with Crippen LogP contribution in [-0.2, 0) is 6.42 Å². The Kier molecular flexibility index (Phi) is 2.28. The minimum Gasteiger partial charge on any atom is -0.368 e. The maximum absolute atomic E-state index is 5.59. The van der Waals surface area contributed by atoms with Crippen LogP contribution in [0.1, 0.15) is 5.69 Å². The molecule has 0 spiro atoms. The summed E-state index contributed by atoms with van der Waals surface area (Å²) in [6.07, 6.45) is 0.729. The predicted molar refractivity (Wildman–Crippen MR) is 56.7 cm³/mol. The lowest BCUT2D eigenvalue weighted by Crippen LogP contribution is -2.07. The molecule has 0 bridgehead atoms. The third-order valence-electron chi connectivity index (χ3n) is 2.08. The highest BCUT2D eigenvalue weighted by atomic mass is 15.0. The van der Waals surface area contributed by atoms with Gasteiger partial charge in [0.1, 0.15) is 0 Å². The number of anilines is 1. The van der Waals surface area contributed by atoms with Crippen LogP contribution in [0.2, 0.25) is 0 Å². The van der Waals surface area contributed by atoms with Gasteiger partial charge in [0, 0.05) is 11.8 Å². The maximum Gasteiger partial charge on any atom is 0.220 e. The Morgan fingerprint density at radius 2 is 1.93 bits per heavy atom. The Hall–Kier alpha value is -1.68. The van der Waals surface area contributed by atoms with Crippen LogP contribution in [0.4, 0.5) is 5.95 Å². The molecule has 1 heterocycles. The van der Waals surface area contributed by atoms with Gasteiger partial charge in [0.2, 0.25) is 5.95 Å². The number of hydrogen-bond acceptors (Lipinski definition) is 4. The highest BCUT2D eigenvalue weighted by Gasteiger charge is 2.03. The van der Waals surface area contributed by atoms with Gasteiger partial charge in [-0.3, -0.25) is 0 Å². The summed E-state index contributed by atoms with van der Waals surface area (Å²) in [6, 6.07) is 7.80. The van der Waals surface area contributed by atoms with Crippen LogP contribution in [0.25, 0.3) is 10.9 Å². The Bertz CT molecular complexity index is 453. The average Bonchev–Trinajstić information content (AvgIpc) is 2.18. The van der Waals surface area contributed by atoms with E-state index in [0.717, 1.165) is 23.0 Å². The van der Waals surface area contributed by atoms with Crippen molar-refractivity contribution in [1.29, 1.82) is 0 Å². The van der Waals surface area contributed by atoms with E-state index in [4.69, 9.17) is 11.5 Å². The second kappa shape index (κ2) is 3.59. The molecule has 2 aromatic rings. The molecule has 1 aromatic carbocycles. The van der Waals surface area contributed by atoms with Crippen molar-refractivity contribution in [2.75, 3.05) is 12.3 Å². The first-order chi connectivity index (χ1) is 6.81. The summed E-state index contributed by atoms with van der Waals surface area (Å²) in [6.45, 7) is 0.570. The number of nitrogens with two attached hydrogens (primary N) is 2. The van der Waals surface area contributed by atoms with E-state index >= 15 is 0 Å². The molecule has 0 aliphatic rings. The van der Waals surface area contributed by atoms with Gasteiger partial charge in [0.15, 0.2) is 0 Å². The molecule has 0 amide bonds. The van der Waals surface area contributed by atoms with Gasteiger partial charge in [-0.05, 0) is 12.6 Å². The molecule has 0 fully saturated rings. The molecule has 4 N–H and O–H groups in total. The lowest BCUT2D eigenvalue weighted by Gasteiger charge is -2.04. The van der Waals surface area contributed by atoms with Gasteiger partial charge in [-0.25, -0.2) is 9.97 Å². The molecular weight excluding hydrogens is 176 g/mol. The fraction of sp³-hybridized carbons (Fsp3) is 0.200. The molecule has 72 valence electrons. The number of aromatic nitrogens is 2. The zero-order valence-corrected chi connectivity index (χ0v) is 7.77. The summed E-state index contributed by atoms with van der Waals surface area (Å²) < 4.78 is 0. The molecular formula is C10H12N4. The molecule has 0 radical (unpaired) electrons. The number of nitrogens with zero attached hydrogens (tertiary/aromatic N) is 2. The predicted octanol–water partition coefficient (Wildman–Crippen LogP) is 0.713. The van der Waals surface area contributed by atoms with Crippen LogP contribution in [0.3, 0.4) is 0 Å². The topological polar surface area (TPSA) is 77.8 Å². The SMILES string of the molecule is NCCc1nc(N)nc2ccccc12. The van der Waals surface area contributed by atoms with Gasteiger partial charge in [-0.2, -0.15) is 0 Å². The van der Waals surface area contributed by atoms with E-state index in [2.05, 4.69) is 9.97 Å². The van der Waals surface area contributed by atoms with Gasteiger partial charge < -0.3 is 11.5 Å². The van der Waals surface area contributed by atoms with Crippen molar-refractivity contribution in [2.24, 2.45) is 5.73 Å². The molecule has 0 aliphatic carbocycles. The summed E-state index contributed by atoms with van der Waals surface area (Å²) in [7, 11) is 0. The summed E-state index contributed by atoms with van der Waals surface area (Å²) >= 11 is 0. The van der Waals surface area contributed by atoms with Crippen molar-refractivity contribution < 1.29 is 0 Å². The van der Waals surface area contributed by atoms with Gasteiger partial charge in [-0.1, -0.05) is 18.2 Å². The lowest BCUT2D eigenvalue weighted by atomic mass is 10.1. The van der Waals surface area contributed by atoms with E-state index in [-0.39, 0.29) is 0 Å². The van der Waals surface area contributed by atoms with Crippen LogP contribution in [0.5, 0.6) is 0 Å². The number of rotatable bonds is 2. The minimum atomic E-state index is 0.312. The maximum atomic E-state index is 5.59. The number of benzene rings is 1. The summed E-state index contributed by atoms with van der Waals surface area (Å²) in [4.78, 5) is 8.32. The van der Waals surface area contributed by atoms with Crippen LogP contribution in [0, 0.1) is 0 Å². The molecule has 2 rings (SSSR count). The van der Waals surface area contributed by atoms with Gasteiger partial charge in [0.05, 0.1) is 11.2 Å². The smallest absolute Gasteiger partial charge is 0.220 e. The molecule has 0 atom stereocenters. The number of hydrogen-bond donors (Lipinski definition) is 2. The fourth-order valence-electron chi connectivity index (χ4n) is 1.49. The lowest BCUT2D eigenvalue weighted by molar-refractivity contribution is 0.930. The van der Waals surface area contributed by atoms with Crippen LogP contribution in [0.15, 0.2) is 24.3 Å². The Morgan fingerprint density at radius 3 is 2.71 bits per heavy atom. The third kappa shape index (κ3) is 1.52. The first-order valence-electron chi connectivity index (χ1n) is 4.52. The van der Waals surface area contributed by atoms with E-state index in [1.54, 1.807) is 0 Å². The molecule has 0 saturated heterocycles. The van der Waals surface area contributed by atoms with E-state index in [1.807, 2.05) is 24.3 Å². The van der Waals surface area contributed by atoms with Crippen LogP contribution < -0.4 is 11.5 Å². The molecule has 14 heavy (non-hydrogen) atoms. The fourth-order valence-corrected chi connectivity index (χ4v) is 1.49. The average molecular weight is 188 g/mol. The summed E-state index contributed by atoms with van der Waals surface area (Å²) in [5.41, 5.74) is 12.9.